The number of rotatable bonds is 18. The molecule has 0 saturated carbocycles. The molecule has 0 aromatic rings. The predicted molar refractivity (Wildman–Crippen MR) is 190 cm³/mol. The lowest BCUT2D eigenvalue weighted by molar-refractivity contribution is -0.148. The lowest BCUT2D eigenvalue weighted by atomic mass is 9.97. The second-order valence-electron chi connectivity index (χ2n) is 15.0. The first-order valence-corrected chi connectivity index (χ1v) is 17.3. The van der Waals surface area contributed by atoms with Crippen molar-refractivity contribution < 1.29 is 43.0 Å². The number of amides is 6. The number of alkyl carbamates (subject to hydrolysis) is 1. The van der Waals surface area contributed by atoms with Crippen LogP contribution in [0.3, 0.4) is 0 Å². The van der Waals surface area contributed by atoms with E-state index in [0.29, 0.717) is 6.42 Å². The van der Waals surface area contributed by atoms with E-state index < -0.39 is 83.3 Å². The van der Waals surface area contributed by atoms with Gasteiger partial charge < -0.3 is 40.1 Å². The van der Waals surface area contributed by atoms with Crippen molar-refractivity contribution in [3.8, 4) is 0 Å². The smallest absolute Gasteiger partial charge is 0.408 e. The van der Waals surface area contributed by atoms with Crippen molar-refractivity contribution in [3.63, 3.8) is 0 Å². The van der Waals surface area contributed by atoms with Crippen LogP contribution in [-0.2, 0) is 38.2 Å². The van der Waals surface area contributed by atoms with Crippen molar-refractivity contribution in [2.75, 3.05) is 34.8 Å². The van der Waals surface area contributed by atoms with E-state index in [1.54, 1.807) is 41.5 Å². The van der Waals surface area contributed by atoms with Gasteiger partial charge >= 0.3 is 12.1 Å². The number of likely N-dealkylation sites (N-methyl/N-ethyl adjacent to an activating group) is 3. The summed E-state index contributed by atoms with van der Waals surface area (Å²) in [7, 11) is 5.59. The van der Waals surface area contributed by atoms with Crippen molar-refractivity contribution >= 4 is 41.6 Å². The SMILES string of the molecule is CC[C@H](NC(=O)OC(C)(C)C)C(=O)N(C)CC(=O)N(C)[C@@H](CC(C)C)C(=O)N[C@H](C(=O)N(C)[C@@H](CC(C)C)C(=O)N[C@@H](C)C(=O)OC)C(C)C. The van der Waals surface area contributed by atoms with Gasteiger partial charge in [-0.15, -0.1) is 0 Å². The van der Waals surface area contributed by atoms with E-state index in [2.05, 4.69) is 16.0 Å². The summed E-state index contributed by atoms with van der Waals surface area (Å²) in [6, 6.07) is -4.82. The van der Waals surface area contributed by atoms with Crippen LogP contribution in [0.1, 0.15) is 95.4 Å². The Morgan fingerprint density at radius 2 is 1.18 bits per heavy atom. The van der Waals surface area contributed by atoms with E-state index in [0.717, 1.165) is 0 Å². The van der Waals surface area contributed by atoms with E-state index >= 15 is 0 Å². The molecule has 0 aliphatic rings. The van der Waals surface area contributed by atoms with E-state index in [9.17, 15) is 33.6 Å². The van der Waals surface area contributed by atoms with Gasteiger partial charge in [0.2, 0.25) is 29.5 Å². The molecule has 0 aromatic heterocycles. The van der Waals surface area contributed by atoms with Gasteiger partial charge in [0, 0.05) is 21.1 Å². The molecule has 0 fully saturated rings. The first-order chi connectivity index (χ1) is 22.9. The van der Waals surface area contributed by atoms with E-state index in [1.807, 2.05) is 27.7 Å². The quantitative estimate of drug-likeness (QED) is 0.180. The van der Waals surface area contributed by atoms with E-state index in [1.165, 1.54) is 49.9 Å². The number of hydrogen-bond acceptors (Lipinski definition) is 9. The van der Waals surface area contributed by atoms with Crippen LogP contribution in [-0.4, -0.2) is 127 Å². The molecule has 0 unspecified atom stereocenters. The van der Waals surface area contributed by atoms with Gasteiger partial charge in [0.1, 0.15) is 35.8 Å². The van der Waals surface area contributed by atoms with Crippen molar-refractivity contribution in [2.45, 2.75) is 131 Å². The number of carbonyl (C=O) groups is 7. The van der Waals surface area contributed by atoms with Crippen LogP contribution in [0.2, 0.25) is 0 Å². The molecule has 3 N–H and O–H groups in total. The summed E-state index contributed by atoms with van der Waals surface area (Å²) in [6.45, 7) is 19.1. The molecule has 0 saturated heterocycles. The molecular weight excluding hydrogens is 648 g/mol. The zero-order valence-corrected chi connectivity index (χ0v) is 33.0. The van der Waals surface area contributed by atoms with E-state index in [4.69, 9.17) is 9.47 Å². The highest BCUT2D eigenvalue weighted by Gasteiger charge is 2.38. The van der Waals surface area contributed by atoms with Gasteiger partial charge in [0.25, 0.3) is 0 Å². The molecular formula is C35H64N6O9. The summed E-state index contributed by atoms with van der Waals surface area (Å²) < 4.78 is 9.97. The summed E-state index contributed by atoms with van der Waals surface area (Å²) in [5, 5.41) is 7.98. The van der Waals surface area contributed by atoms with Crippen molar-refractivity contribution in [1.82, 2.24) is 30.7 Å². The molecule has 0 spiro atoms. The summed E-state index contributed by atoms with van der Waals surface area (Å²) in [6.07, 6.45) is 0.0672. The Hall–Kier alpha value is -3.91. The molecule has 0 aromatic carbocycles. The first kappa shape index (κ1) is 46.1. The molecule has 288 valence electrons. The van der Waals surface area contributed by atoms with Gasteiger partial charge in [-0.3, -0.25) is 24.0 Å². The standard InChI is InChI=1S/C35H64N6O9/c1-16-24(37-34(48)50-35(9,10)11)31(45)39(12)19-27(42)40(13)25(17-20(2)3)30(44)38-28(22(6)7)32(46)41(14)26(18-21(4)5)29(43)36-23(8)33(47)49-15/h20-26,28H,16-19H2,1-15H3,(H,36,43)(H,37,48)(H,38,44)/t23-,24-,25-,26-,28-/m0/s1. The lowest BCUT2D eigenvalue weighted by Crippen LogP contribution is -2.60. The zero-order valence-electron chi connectivity index (χ0n) is 33.0. The monoisotopic (exact) mass is 712 g/mol. The highest BCUT2D eigenvalue weighted by Crippen LogP contribution is 2.17. The molecule has 15 nitrogen and oxygen atoms in total. The largest absolute Gasteiger partial charge is 0.467 e. The number of nitrogens with zero attached hydrogens (tertiary/aromatic N) is 3. The predicted octanol–water partition coefficient (Wildman–Crippen LogP) is 2.31. The van der Waals surface area contributed by atoms with Crippen LogP contribution >= 0.6 is 0 Å². The van der Waals surface area contributed by atoms with Crippen LogP contribution in [0.5, 0.6) is 0 Å². The van der Waals surface area contributed by atoms with Crippen LogP contribution < -0.4 is 16.0 Å². The number of methoxy groups -OCH3 is 1. The van der Waals surface area contributed by atoms with Gasteiger partial charge in [-0.25, -0.2) is 9.59 Å². The van der Waals surface area contributed by atoms with Gasteiger partial charge in [0.15, 0.2) is 0 Å². The van der Waals surface area contributed by atoms with Crippen LogP contribution in [0.4, 0.5) is 4.79 Å². The molecule has 0 aliphatic heterocycles. The zero-order chi connectivity index (χ0) is 39.3. The Morgan fingerprint density at radius 1 is 0.700 bits per heavy atom. The van der Waals surface area contributed by atoms with Crippen molar-refractivity contribution in [2.24, 2.45) is 17.8 Å². The topological polar surface area (TPSA) is 184 Å². The van der Waals surface area contributed by atoms with Crippen molar-refractivity contribution in [1.29, 1.82) is 0 Å². The maximum atomic E-state index is 13.9. The van der Waals surface area contributed by atoms with Gasteiger partial charge in [-0.05, 0) is 64.7 Å². The Labute approximate surface area is 298 Å². The third-order valence-electron chi connectivity index (χ3n) is 7.96. The Morgan fingerprint density at radius 3 is 1.60 bits per heavy atom. The highest BCUT2D eigenvalue weighted by molar-refractivity contribution is 5.96. The number of esters is 1. The van der Waals surface area contributed by atoms with Gasteiger partial charge in [-0.1, -0.05) is 48.5 Å². The molecule has 50 heavy (non-hydrogen) atoms. The molecule has 6 amide bonds. The first-order valence-electron chi connectivity index (χ1n) is 17.3. The van der Waals surface area contributed by atoms with Crippen molar-refractivity contribution in [3.05, 3.63) is 0 Å². The van der Waals surface area contributed by atoms with Crippen LogP contribution in [0.25, 0.3) is 0 Å². The normalized spacial score (nSPS) is 14.5. The Kier molecular flexibility index (Phi) is 19.1. The minimum Gasteiger partial charge on any atom is -0.467 e. The Balaban J connectivity index is 6.05. The molecule has 0 bridgehead atoms. The molecule has 0 heterocycles. The minimum atomic E-state index is -1.04. The number of hydrogen-bond donors (Lipinski definition) is 3. The van der Waals surface area contributed by atoms with E-state index in [-0.39, 0.29) is 31.2 Å². The van der Waals surface area contributed by atoms with Crippen LogP contribution in [0, 0.1) is 17.8 Å². The number of ether oxygens (including phenoxy) is 2. The molecule has 0 aliphatic carbocycles. The maximum absolute atomic E-state index is 13.9. The highest BCUT2D eigenvalue weighted by atomic mass is 16.6. The van der Waals surface area contributed by atoms with Crippen LogP contribution in [0.15, 0.2) is 0 Å². The lowest BCUT2D eigenvalue weighted by Gasteiger charge is -2.35. The summed E-state index contributed by atoms with van der Waals surface area (Å²) >= 11 is 0. The van der Waals surface area contributed by atoms with Gasteiger partial charge in [0.05, 0.1) is 13.7 Å². The fourth-order valence-electron chi connectivity index (χ4n) is 5.08. The maximum Gasteiger partial charge on any atom is 0.408 e. The third kappa shape index (κ3) is 15.3. The summed E-state index contributed by atoms with van der Waals surface area (Å²) in [5.41, 5.74) is -0.758. The molecule has 0 rings (SSSR count). The fourth-order valence-corrected chi connectivity index (χ4v) is 5.08. The van der Waals surface area contributed by atoms with Gasteiger partial charge in [-0.2, -0.15) is 0 Å². The molecule has 0 radical (unpaired) electrons. The second-order valence-corrected chi connectivity index (χ2v) is 15.0. The second kappa shape index (κ2) is 20.7. The average Bonchev–Trinajstić information content (AvgIpc) is 3.00. The molecule has 15 heteroatoms. The average molecular weight is 713 g/mol. The number of nitrogens with one attached hydrogen (secondary N) is 3. The summed E-state index contributed by atoms with van der Waals surface area (Å²) in [4.78, 5) is 95.6. The summed E-state index contributed by atoms with van der Waals surface area (Å²) in [5.74, 6) is -3.65. The molecule has 5 atom stereocenters. The fraction of sp³-hybridized carbons (Fsp3) is 0.800. The Bertz CT molecular complexity index is 1180. The minimum absolute atomic E-state index is 0.0160. The number of carbonyl (C=O) groups excluding carboxylic acids is 7. The third-order valence-corrected chi connectivity index (χ3v) is 7.96.